The molecule has 4 aromatic rings. The lowest BCUT2D eigenvalue weighted by molar-refractivity contribution is -0.189. The largest absolute Gasteiger partial charge is 0.491 e. The van der Waals surface area contributed by atoms with Gasteiger partial charge in [-0.3, -0.25) is 9.67 Å². The van der Waals surface area contributed by atoms with Crippen LogP contribution < -0.4 is 4.74 Å². The fraction of sp³-hybridized carbons (Fsp3) is 0.227. The molecule has 0 amide bonds. The van der Waals surface area contributed by atoms with Crippen LogP contribution in [-0.2, 0) is 21.8 Å². The van der Waals surface area contributed by atoms with Gasteiger partial charge in [-0.25, -0.2) is 4.98 Å². The van der Waals surface area contributed by atoms with Gasteiger partial charge < -0.3 is 18.8 Å². The van der Waals surface area contributed by atoms with Crippen molar-refractivity contribution in [3.63, 3.8) is 0 Å². The third-order valence-electron chi connectivity index (χ3n) is 5.25. The number of aromatic amines is 1. The molecule has 1 saturated heterocycles. The summed E-state index contributed by atoms with van der Waals surface area (Å²) in [5, 5.41) is 7.68. The predicted octanol–water partition coefficient (Wildman–Crippen LogP) is 4.78. The van der Waals surface area contributed by atoms with Crippen molar-refractivity contribution < 1.29 is 14.2 Å². The number of nitrogens with zero attached hydrogens (tertiary/aromatic N) is 4. The van der Waals surface area contributed by atoms with Crippen LogP contribution in [0.2, 0.25) is 10.0 Å². The molecule has 1 N–H and O–H groups in total. The topological polar surface area (TPSA) is 79.1 Å². The molecule has 5 rings (SSSR count). The molecule has 0 saturated carbocycles. The van der Waals surface area contributed by atoms with Crippen molar-refractivity contribution >= 4 is 35.4 Å². The summed E-state index contributed by atoms with van der Waals surface area (Å²) in [6.45, 7) is 1.03. The maximum atomic E-state index is 6.51. The number of halogens is 2. The first-order chi connectivity index (χ1) is 16.0. The van der Waals surface area contributed by atoms with E-state index in [-0.39, 0.29) is 6.10 Å². The van der Waals surface area contributed by atoms with Gasteiger partial charge in [0, 0.05) is 28.7 Å². The zero-order chi connectivity index (χ0) is 22.8. The molecule has 1 aliphatic rings. The molecule has 170 valence electrons. The Labute approximate surface area is 204 Å². The number of hydrogen-bond acceptors (Lipinski definition) is 6. The van der Waals surface area contributed by atoms with Crippen molar-refractivity contribution in [1.29, 1.82) is 0 Å². The van der Waals surface area contributed by atoms with E-state index in [1.54, 1.807) is 35.6 Å². The number of hydrogen-bond donors (Lipinski definition) is 1. The molecule has 11 heteroatoms. The van der Waals surface area contributed by atoms with Crippen LogP contribution in [-0.4, -0.2) is 43.6 Å². The predicted molar refractivity (Wildman–Crippen MR) is 125 cm³/mol. The number of H-pyrrole nitrogens is 1. The minimum absolute atomic E-state index is 0.303. The molecular formula is C22H19Cl2N5O3S. The standard InChI is InChI=1S/C22H19Cl2N5O3S/c23-15-1-6-19(20(24)9-15)22(12-28-8-7-25-13-28)31-11-18(32-22)10-30-17-4-2-16(3-5-17)29-14-26-27-21(29)33/h1-9,13-14,18H,10-12H2,(H,27,33). The summed E-state index contributed by atoms with van der Waals surface area (Å²) >= 11 is 17.8. The molecule has 0 bridgehead atoms. The summed E-state index contributed by atoms with van der Waals surface area (Å²) in [6, 6.07) is 12.8. The molecule has 1 aliphatic heterocycles. The van der Waals surface area contributed by atoms with Crippen LogP contribution in [0.25, 0.3) is 5.69 Å². The van der Waals surface area contributed by atoms with Gasteiger partial charge in [-0.05, 0) is 48.6 Å². The smallest absolute Gasteiger partial charge is 0.215 e. The number of rotatable bonds is 7. The normalized spacial score (nSPS) is 20.2. The van der Waals surface area contributed by atoms with Gasteiger partial charge in [0.25, 0.3) is 0 Å². The van der Waals surface area contributed by atoms with E-state index in [1.807, 2.05) is 41.1 Å². The lowest BCUT2D eigenvalue weighted by atomic mass is 10.1. The maximum absolute atomic E-state index is 6.51. The second-order valence-electron chi connectivity index (χ2n) is 7.50. The minimum Gasteiger partial charge on any atom is -0.491 e. The molecule has 0 spiro atoms. The Bertz CT molecular complexity index is 1290. The van der Waals surface area contributed by atoms with Crippen LogP contribution in [0.15, 0.2) is 67.5 Å². The van der Waals surface area contributed by atoms with E-state index in [0.29, 0.717) is 45.9 Å². The molecule has 0 aliphatic carbocycles. The van der Waals surface area contributed by atoms with Crippen LogP contribution in [0.1, 0.15) is 5.56 Å². The van der Waals surface area contributed by atoms with Crippen LogP contribution in [0.4, 0.5) is 0 Å². The van der Waals surface area contributed by atoms with Crippen molar-refractivity contribution in [2.24, 2.45) is 0 Å². The number of nitrogens with one attached hydrogen (secondary N) is 1. The average molecular weight is 504 g/mol. The third kappa shape index (κ3) is 4.68. The molecule has 1 fully saturated rings. The highest BCUT2D eigenvalue weighted by atomic mass is 35.5. The van der Waals surface area contributed by atoms with E-state index in [4.69, 9.17) is 49.6 Å². The van der Waals surface area contributed by atoms with Gasteiger partial charge >= 0.3 is 0 Å². The van der Waals surface area contributed by atoms with E-state index in [9.17, 15) is 0 Å². The van der Waals surface area contributed by atoms with Gasteiger partial charge in [0.1, 0.15) is 24.8 Å². The minimum atomic E-state index is -1.09. The molecule has 2 atom stereocenters. The Morgan fingerprint density at radius 3 is 2.73 bits per heavy atom. The van der Waals surface area contributed by atoms with E-state index >= 15 is 0 Å². The SMILES string of the molecule is S=c1[nH]ncn1-c1ccc(OCC2COC(Cn3ccnc3)(c3ccc(Cl)cc3Cl)O2)cc1. The summed E-state index contributed by atoms with van der Waals surface area (Å²) in [5.41, 5.74) is 1.59. The zero-order valence-electron chi connectivity index (χ0n) is 17.2. The lowest BCUT2D eigenvalue weighted by Gasteiger charge is -2.30. The van der Waals surface area contributed by atoms with Gasteiger partial charge in [0.05, 0.1) is 24.5 Å². The quantitative estimate of drug-likeness (QED) is 0.365. The molecule has 33 heavy (non-hydrogen) atoms. The Kier molecular flexibility index (Phi) is 6.22. The van der Waals surface area contributed by atoms with E-state index in [1.165, 1.54) is 0 Å². The van der Waals surface area contributed by atoms with Gasteiger partial charge in [0.2, 0.25) is 5.79 Å². The van der Waals surface area contributed by atoms with Crippen LogP contribution in [0.3, 0.4) is 0 Å². The van der Waals surface area contributed by atoms with Crippen LogP contribution in [0.5, 0.6) is 5.75 Å². The highest BCUT2D eigenvalue weighted by molar-refractivity contribution is 7.71. The second kappa shape index (κ2) is 9.28. The van der Waals surface area contributed by atoms with Gasteiger partial charge in [0.15, 0.2) is 4.77 Å². The third-order valence-corrected chi connectivity index (χ3v) is 6.09. The van der Waals surface area contributed by atoms with Crippen molar-refractivity contribution in [3.8, 4) is 11.4 Å². The fourth-order valence-electron chi connectivity index (χ4n) is 3.70. The first-order valence-electron chi connectivity index (χ1n) is 10.1. The Balaban J connectivity index is 1.30. The summed E-state index contributed by atoms with van der Waals surface area (Å²) in [4.78, 5) is 4.11. The Hall–Kier alpha value is -2.69. The Morgan fingerprint density at radius 1 is 1.18 bits per heavy atom. The van der Waals surface area contributed by atoms with Crippen molar-refractivity contribution in [1.82, 2.24) is 24.3 Å². The average Bonchev–Trinajstić information content (AvgIpc) is 3.55. The number of aromatic nitrogens is 5. The highest BCUT2D eigenvalue weighted by Gasteiger charge is 2.45. The van der Waals surface area contributed by atoms with Crippen molar-refractivity contribution in [2.45, 2.75) is 18.4 Å². The van der Waals surface area contributed by atoms with Crippen LogP contribution in [0, 0.1) is 4.77 Å². The first kappa shape index (κ1) is 22.1. The summed E-state index contributed by atoms with van der Waals surface area (Å²) in [7, 11) is 0. The van der Waals surface area contributed by atoms with Crippen LogP contribution >= 0.6 is 35.4 Å². The number of benzene rings is 2. The van der Waals surface area contributed by atoms with E-state index in [2.05, 4.69) is 15.2 Å². The van der Waals surface area contributed by atoms with E-state index < -0.39 is 5.79 Å². The first-order valence-corrected chi connectivity index (χ1v) is 11.3. The summed E-state index contributed by atoms with van der Waals surface area (Å²) in [6.07, 6.45) is 6.57. The lowest BCUT2D eigenvalue weighted by Crippen LogP contribution is -2.34. The van der Waals surface area contributed by atoms with Gasteiger partial charge in [-0.15, -0.1) is 0 Å². The maximum Gasteiger partial charge on any atom is 0.215 e. The Morgan fingerprint density at radius 2 is 2.03 bits per heavy atom. The molecule has 3 heterocycles. The van der Waals surface area contributed by atoms with Crippen molar-refractivity contribution in [2.75, 3.05) is 13.2 Å². The molecule has 2 aromatic heterocycles. The summed E-state index contributed by atoms with van der Waals surface area (Å²) in [5.74, 6) is -0.383. The van der Waals surface area contributed by atoms with Crippen molar-refractivity contribution in [3.05, 3.63) is 87.9 Å². The second-order valence-corrected chi connectivity index (χ2v) is 8.73. The fourth-order valence-corrected chi connectivity index (χ4v) is 4.46. The molecule has 2 aromatic carbocycles. The number of imidazole rings is 1. The molecule has 0 radical (unpaired) electrons. The van der Waals surface area contributed by atoms with Gasteiger partial charge in [-0.2, -0.15) is 5.10 Å². The molecule has 8 nitrogen and oxygen atoms in total. The monoisotopic (exact) mass is 503 g/mol. The number of ether oxygens (including phenoxy) is 3. The summed E-state index contributed by atoms with van der Waals surface area (Å²) < 4.78 is 22.7. The van der Waals surface area contributed by atoms with Gasteiger partial charge in [-0.1, -0.05) is 29.3 Å². The van der Waals surface area contributed by atoms with E-state index in [0.717, 1.165) is 5.69 Å². The molecular weight excluding hydrogens is 485 g/mol. The zero-order valence-corrected chi connectivity index (χ0v) is 19.6. The highest BCUT2D eigenvalue weighted by Crippen LogP contribution is 2.40. The molecule has 2 unspecified atom stereocenters.